The van der Waals surface area contributed by atoms with Crippen LogP contribution in [0.2, 0.25) is 0 Å². The molecule has 0 aromatic heterocycles. The van der Waals surface area contributed by atoms with Crippen LogP contribution in [0.3, 0.4) is 0 Å². The molecule has 4 N–H and O–H groups in total. The van der Waals surface area contributed by atoms with E-state index < -0.39 is 0 Å². The minimum atomic E-state index is 0.654. The van der Waals surface area contributed by atoms with Gasteiger partial charge in [-0.1, -0.05) is 0 Å². The summed E-state index contributed by atoms with van der Waals surface area (Å²) in [5.74, 6) is 0. The molecule has 9 heteroatoms. The third-order valence-corrected chi connectivity index (χ3v) is 2.44. The van der Waals surface area contributed by atoms with Crippen molar-refractivity contribution in [2.45, 2.75) is 0 Å². The number of rotatable bonds is 0. The molecule has 0 spiro atoms. The van der Waals surface area contributed by atoms with Gasteiger partial charge in [0.15, 0.2) is 0 Å². The molecule has 0 aliphatic carbocycles. The van der Waals surface area contributed by atoms with Gasteiger partial charge < -0.3 is 44.5 Å². The van der Waals surface area contributed by atoms with Crippen LogP contribution in [0.1, 0.15) is 0 Å². The lowest BCUT2D eigenvalue weighted by Crippen LogP contribution is -2.27. The Morgan fingerprint density at radius 1 is 0.520 bits per heavy atom. The zero-order chi connectivity index (χ0) is 19.4. The molecule has 1 rings (SSSR count). The van der Waals surface area contributed by atoms with E-state index >= 15 is 0 Å². The molecule has 156 valence electrons. The minimum Gasteiger partial charge on any atom is -0.400 e. The van der Waals surface area contributed by atoms with Crippen LogP contribution in [0.25, 0.3) is 0 Å². The molecule has 0 saturated carbocycles. The first kappa shape index (κ1) is 29.4. The SMILES string of the molecule is C1COCCOCCNCCOCCOCCN1.CO.CO.COC. The molecule has 1 saturated heterocycles. The normalized spacial score (nSPS) is 18.5. The molecule has 0 bridgehead atoms. The first-order valence-corrected chi connectivity index (χ1v) is 8.43. The lowest BCUT2D eigenvalue weighted by atomic mass is 10.6. The predicted octanol–water partition coefficient (Wildman–Crippen LogP) is -1.27. The highest BCUT2D eigenvalue weighted by Gasteiger charge is 1.94. The van der Waals surface area contributed by atoms with Crippen molar-refractivity contribution in [2.24, 2.45) is 0 Å². The minimum absolute atomic E-state index is 0.654. The number of aliphatic hydroxyl groups is 2. The van der Waals surface area contributed by atoms with Crippen LogP contribution in [0.5, 0.6) is 0 Å². The summed E-state index contributed by atoms with van der Waals surface area (Å²) in [6.07, 6.45) is 0. The van der Waals surface area contributed by atoms with Crippen LogP contribution in [-0.4, -0.2) is 118 Å². The van der Waals surface area contributed by atoms with E-state index in [0.29, 0.717) is 52.9 Å². The summed E-state index contributed by atoms with van der Waals surface area (Å²) < 4.78 is 25.9. The number of ether oxygens (including phenoxy) is 5. The molecule has 0 atom stereocenters. The van der Waals surface area contributed by atoms with Crippen molar-refractivity contribution in [3.05, 3.63) is 0 Å². The van der Waals surface area contributed by atoms with Crippen LogP contribution < -0.4 is 10.6 Å². The second-order valence-corrected chi connectivity index (χ2v) is 4.36. The van der Waals surface area contributed by atoms with Crippen molar-refractivity contribution in [3.8, 4) is 0 Å². The van der Waals surface area contributed by atoms with Gasteiger partial charge in [0.05, 0.1) is 52.9 Å². The highest BCUT2D eigenvalue weighted by atomic mass is 16.5. The summed E-state index contributed by atoms with van der Waals surface area (Å²) in [5.41, 5.74) is 0. The molecule has 0 radical (unpaired) electrons. The van der Waals surface area contributed by atoms with E-state index in [0.717, 1.165) is 40.4 Å². The molecule has 25 heavy (non-hydrogen) atoms. The first-order chi connectivity index (χ1) is 12.4. The second kappa shape index (κ2) is 34.9. The third-order valence-electron chi connectivity index (χ3n) is 2.44. The molecule has 0 amide bonds. The lowest BCUT2D eigenvalue weighted by Gasteiger charge is -2.10. The van der Waals surface area contributed by atoms with Crippen LogP contribution in [0.15, 0.2) is 0 Å². The number of aliphatic hydroxyl groups excluding tert-OH is 2. The maximum Gasteiger partial charge on any atom is 0.0701 e. The Morgan fingerprint density at radius 3 is 0.920 bits per heavy atom. The zero-order valence-corrected chi connectivity index (χ0v) is 16.4. The fourth-order valence-electron chi connectivity index (χ4n) is 1.47. The standard InChI is InChI=1S/C12H26N2O4.C2H6O.2CH4O/c1-5-15-9-10-17-7-3-14-4-8-18-12-11-16-6-2-13-1;1-3-2;2*1-2/h13-14H,1-12H2;1-2H3;2*2H,1H3. The summed E-state index contributed by atoms with van der Waals surface area (Å²) >= 11 is 0. The van der Waals surface area contributed by atoms with Crippen molar-refractivity contribution >= 4 is 0 Å². The molecule has 0 unspecified atom stereocenters. The maximum atomic E-state index is 7.00. The molecule has 1 aliphatic rings. The van der Waals surface area contributed by atoms with Crippen molar-refractivity contribution in [3.63, 3.8) is 0 Å². The van der Waals surface area contributed by atoms with E-state index in [1.165, 1.54) is 0 Å². The van der Waals surface area contributed by atoms with E-state index in [4.69, 9.17) is 29.2 Å². The van der Waals surface area contributed by atoms with Gasteiger partial charge in [-0.25, -0.2) is 0 Å². The monoisotopic (exact) mass is 372 g/mol. The van der Waals surface area contributed by atoms with Crippen molar-refractivity contribution in [1.82, 2.24) is 10.6 Å². The largest absolute Gasteiger partial charge is 0.400 e. The quantitative estimate of drug-likeness (QED) is 0.413. The number of nitrogens with one attached hydrogen (secondary N) is 2. The van der Waals surface area contributed by atoms with Gasteiger partial charge in [-0.3, -0.25) is 0 Å². The fourth-order valence-corrected chi connectivity index (χ4v) is 1.47. The van der Waals surface area contributed by atoms with Crippen LogP contribution in [0.4, 0.5) is 0 Å². The second-order valence-electron chi connectivity index (χ2n) is 4.36. The van der Waals surface area contributed by atoms with Gasteiger partial charge >= 0.3 is 0 Å². The van der Waals surface area contributed by atoms with E-state index in [-0.39, 0.29) is 0 Å². The average molecular weight is 373 g/mol. The maximum absolute atomic E-state index is 7.00. The van der Waals surface area contributed by atoms with Crippen molar-refractivity contribution < 1.29 is 33.9 Å². The molecule has 9 nitrogen and oxygen atoms in total. The topological polar surface area (TPSA) is 111 Å². The van der Waals surface area contributed by atoms with Crippen LogP contribution >= 0.6 is 0 Å². The van der Waals surface area contributed by atoms with Crippen LogP contribution in [0, 0.1) is 0 Å². The third kappa shape index (κ3) is 35.6. The first-order valence-electron chi connectivity index (χ1n) is 8.43. The smallest absolute Gasteiger partial charge is 0.0701 e. The number of hydrogen-bond acceptors (Lipinski definition) is 9. The van der Waals surface area contributed by atoms with Gasteiger partial charge in [-0.05, 0) is 0 Å². The fraction of sp³-hybridized carbons (Fsp3) is 1.00. The summed E-state index contributed by atoms with van der Waals surface area (Å²) in [5, 5.41) is 20.5. The molecule has 0 aromatic carbocycles. The molecule has 1 fully saturated rings. The molecular weight excluding hydrogens is 332 g/mol. The summed E-state index contributed by atoms with van der Waals surface area (Å²) in [6, 6.07) is 0. The van der Waals surface area contributed by atoms with Crippen molar-refractivity contribution in [1.29, 1.82) is 0 Å². The van der Waals surface area contributed by atoms with E-state index in [1.54, 1.807) is 14.2 Å². The Kier molecular flexibility index (Phi) is 41.0. The highest BCUT2D eigenvalue weighted by molar-refractivity contribution is 4.47. The van der Waals surface area contributed by atoms with Gasteiger partial charge in [0.2, 0.25) is 0 Å². The Morgan fingerprint density at radius 2 is 0.720 bits per heavy atom. The van der Waals surface area contributed by atoms with Gasteiger partial charge in [0, 0.05) is 54.6 Å². The summed E-state index contributed by atoms with van der Waals surface area (Å²) in [6.45, 7) is 8.86. The molecule has 1 aliphatic heterocycles. The lowest BCUT2D eigenvalue weighted by molar-refractivity contribution is 0.0383. The number of methoxy groups -OCH3 is 1. The average Bonchev–Trinajstić information content (AvgIpc) is 2.66. The Labute approximate surface area is 152 Å². The van der Waals surface area contributed by atoms with E-state index in [1.807, 2.05) is 0 Å². The summed E-state index contributed by atoms with van der Waals surface area (Å²) in [7, 11) is 5.25. The number of hydrogen-bond donors (Lipinski definition) is 4. The van der Waals surface area contributed by atoms with Crippen molar-refractivity contribution in [2.75, 3.05) is 107 Å². The van der Waals surface area contributed by atoms with Crippen LogP contribution in [-0.2, 0) is 23.7 Å². The van der Waals surface area contributed by atoms with E-state index in [9.17, 15) is 0 Å². The molecule has 0 aromatic rings. The predicted molar refractivity (Wildman–Crippen MR) is 98.2 cm³/mol. The van der Waals surface area contributed by atoms with Gasteiger partial charge in [-0.2, -0.15) is 0 Å². The Hall–Kier alpha value is -0.360. The van der Waals surface area contributed by atoms with Gasteiger partial charge in [0.25, 0.3) is 0 Å². The van der Waals surface area contributed by atoms with E-state index in [2.05, 4.69) is 15.4 Å². The Balaban J connectivity index is -0.000000605. The molecular formula is C16H40N2O7. The summed E-state index contributed by atoms with van der Waals surface area (Å²) in [4.78, 5) is 0. The highest BCUT2D eigenvalue weighted by Crippen LogP contribution is 1.81. The molecule has 1 heterocycles. The van der Waals surface area contributed by atoms with Gasteiger partial charge in [0.1, 0.15) is 0 Å². The zero-order valence-electron chi connectivity index (χ0n) is 16.4. The van der Waals surface area contributed by atoms with Gasteiger partial charge in [-0.15, -0.1) is 0 Å². The Bertz CT molecular complexity index is 117.